The maximum absolute atomic E-state index is 6.07. The van der Waals surface area contributed by atoms with Crippen LogP contribution in [0.1, 0.15) is 51.9 Å². The summed E-state index contributed by atoms with van der Waals surface area (Å²) in [5.74, 6) is 7.02. The Bertz CT molecular complexity index is 4880. The molecule has 8 N–H and O–H groups in total. The van der Waals surface area contributed by atoms with E-state index < -0.39 is 0 Å². The maximum atomic E-state index is 6.07. The smallest absolute Gasteiger partial charge is 0.224 e. The van der Waals surface area contributed by atoms with Crippen LogP contribution in [0.3, 0.4) is 0 Å². The minimum absolute atomic E-state index is 0.660. The summed E-state index contributed by atoms with van der Waals surface area (Å²) in [6, 6.07) is 43.3. The summed E-state index contributed by atoms with van der Waals surface area (Å²) in [5.41, 5.74) is 7.89. The molecular formula is C85H103Cl4N25O. The fraction of sp³-hybridized carbons (Fsp3) is 0.376. The topological polar surface area (TPSA) is 267 Å². The van der Waals surface area contributed by atoms with Crippen LogP contribution < -0.4 is 62.1 Å². The zero-order chi connectivity index (χ0) is 79.2. The molecule has 26 nitrogen and oxygen atoms in total. The molecule has 0 aliphatic carbocycles. The van der Waals surface area contributed by atoms with E-state index in [4.69, 9.17) is 56.1 Å². The van der Waals surface area contributed by atoms with Gasteiger partial charge in [-0.05, 0) is 186 Å². The molecule has 12 heterocycles. The number of morpholine rings is 1. The third-order valence-electron chi connectivity index (χ3n) is 20.3. The lowest BCUT2D eigenvalue weighted by molar-refractivity contribution is 0.122. The third kappa shape index (κ3) is 24.8. The van der Waals surface area contributed by atoms with Crippen LogP contribution in [-0.2, 0) is 4.74 Å². The second-order valence-electron chi connectivity index (χ2n) is 28.4. The molecular weight excluding hydrogens is 1530 g/mol. The van der Waals surface area contributed by atoms with E-state index in [-0.39, 0.29) is 0 Å². The molecule has 4 aromatic carbocycles. The number of piperidine rings is 1. The molecule has 16 rings (SSSR count). The van der Waals surface area contributed by atoms with Gasteiger partial charge in [0, 0.05) is 239 Å². The molecule has 4 aliphatic heterocycles. The quantitative estimate of drug-likeness (QED) is 0.0203. The summed E-state index contributed by atoms with van der Waals surface area (Å²) in [6.45, 7) is 23.8. The lowest BCUT2D eigenvalue weighted by Crippen LogP contribution is -2.46. The molecule has 602 valence electrons. The van der Waals surface area contributed by atoms with Crippen molar-refractivity contribution in [3.8, 4) is 0 Å². The van der Waals surface area contributed by atoms with Crippen molar-refractivity contribution < 1.29 is 4.74 Å². The predicted octanol–water partition coefficient (Wildman–Crippen LogP) is 15.7. The largest absolute Gasteiger partial charge is 0.384 e. The van der Waals surface area contributed by atoms with Gasteiger partial charge in [-0.1, -0.05) is 59.4 Å². The van der Waals surface area contributed by atoms with Gasteiger partial charge >= 0.3 is 0 Å². The number of hydrogen-bond donors (Lipinski definition) is 8. The number of anilines is 12. The molecule has 0 saturated carbocycles. The number of piperazine rings is 2. The first-order chi connectivity index (χ1) is 56.5. The summed E-state index contributed by atoms with van der Waals surface area (Å²) in [6.07, 6.45) is 20.3. The second-order valence-corrected chi connectivity index (χ2v) is 30.1. The van der Waals surface area contributed by atoms with Gasteiger partial charge in [0.15, 0.2) is 0 Å². The molecule has 0 atom stereocenters. The van der Waals surface area contributed by atoms with Crippen molar-refractivity contribution in [1.82, 2.24) is 64.6 Å². The fourth-order valence-electron chi connectivity index (χ4n) is 13.9. The van der Waals surface area contributed by atoms with Crippen molar-refractivity contribution in [2.75, 3.05) is 220 Å². The van der Waals surface area contributed by atoms with E-state index in [0.717, 1.165) is 272 Å². The number of fused-ring (bicyclic) bond motifs is 4. The minimum atomic E-state index is 0.660. The van der Waals surface area contributed by atoms with Crippen LogP contribution in [0.25, 0.3) is 43.6 Å². The molecule has 0 unspecified atom stereocenters. The minimum Gasteiger partial charge on any atom is -0.384 e. The van der Waals surface area contributed by atoms with Crippen molar-refractivity contribution in [2.24, 2.45) is 0 Å². The van der Waals surface area contributed by atoms with Crippen LogP contribution in [0.15, 0.2) is 177 Å². The lowest BCUT2D eigenvalue weighted by Gasteiger charge is -2.34. The van der Waals surface area contributed by atoms with Gasteiger partial charge in [0.25, 0.3) is 0 Å². The molecule has 30 heteroatoms. The normalized spacial score (nSPS) is 14.6. The first-order valence-corrected chi connectivity index (χ1v) is 41.5. The highest BCUT2D eigenvalue weighted by atomic mass is 35.5. The summed E-state index contributed by atoms with van der Waals surface area (Å²) in [4.78, 5) is 63.4. The number of benzene rings is 4. The third-order valence-corrected chi connectivity index (χ3v) is 21.2. The number of rotatable bonds is 29. The van der Waals surface area contributed by atoms with E-state index >= 15 is 0 Å². The Labute approximate surface area is 693 Å². The van der Waals surface area contributed by atoms with E-state index in [1.165, 1.54) is 19.3 Å². The average molecular weight is 1630 g/mol. The van der Waals surface area contributed by atoms with Crippen LogP contribution in [0.4, 0.5) is 69.7 Å². The predicted molar refractivity (Wildman–Crippen MR) is 477 cm³/mol. The van der Waals surface area contributed by atoms with E-state index in [1.807, 2.05) is 140 Å². The Morgan fingerprint density at radius 1 is 0.322 bits per heavy atom. The zero-order valence-corrected chi connectivity index (χ0v) is 68.5. The molecule has 8 aromatic heterocycles. The van der Waals surface area contributed by atoms with Crippen LogP contribution in [0.2, 0.25) is 20.1 Å². The maximum Gasteiger partial charge on any atom is 0.224 e. The highest BCUT2D eigenvalue weighted by Gasteiger charge is 2.20. The number of ether oxygens (including phenoxy) is 1. The number of halogens is 4. The summed E-state index contributed by atoms with van der Waals surface area (Å²) >= 11 is 24.2. The summed E-state index contributed by atoms with van der Waals surface area (Å²) < 4.78 is 5.39. The monoisotopic (exact) mass is 1630 g/mol. The molecule has 4 saturated heterocycles. The average Bonchev–Trinajstić information content (AvgIpc) is 0.815. The van der Waals surface area contributed by atoms with Crippen molar-refractivity contribution in [3.63, 3.8) is 0 Å². The van der Waals surface area contributed by atoms with Gasteiger partial charge in [0.2, 0.25) is 17.8 Å². The highest BCUT2D eigenvalue weighted by Crippen LogP contribution is 2.30. The Hall–Kier alpha value is -10.5. The Morgan fingerprint density at radius 3 is 1.03 bits per heavy atom. The SMILES string of the molecule is CCN1CCN(c2cccc(NCCCNc3ccnc4cc(Cl)ccc34)n2)CC1.CN1CCN(c2ccnc(NCCCNc3ccnc4cc(Cl)ccc34)n2)CC1.Clc1ccc2c(NCCCNc3nccc(N4CCCCC4)n3)ccnc2c1.Clc1ccc2c(NCCCNc3nccc(N4CCOCC4)n3)ccnc2c1. The molecule has 4 aliphatic rings. The number of nitrogens with zero attached hydrogens (tertiary/aromatic N) is 17. The Kier molecular flexibility index (Phi) is 31.1. The number of likely N-dealkylation sites (N-methyl/N-ethyl adjacent to an activating group) is 2. The first-order valence-electron chi connectivity index (χ1n) is 40.0. The fourth-order valence-corrected chi connectivity index (χ4v) is 14.6. The molecule has 0 radical (unpaired) electrons. The molecule has 115 heavy (non-hydrogen) atoms. The van der Waals surface area contributed by atoms with Crippen molar-refractivity contribution >= 4 is 160 Å². The molecule has 12 aromatic rings. The molecule has 0 bridgehead atoms. The summed E-state index contributed by atoms with van der Waals surface area (Å²) in [7, 11) is 2.16. The zero-order valence-electron chi connectivity index (χ0n) is 65.5. The van der Waals surface area contributed by atoms with Crippen LogP contribution in [0, 0.1) is 0 Å². The lowest BCUT2D eigenvalue weighted by atomic mass is 10.1. The summed E-state index contributed by atoms with van der Waals surface area (Å²) in [5, 5.41) is 34.5. The molecule has 0 spiro atoms. The van der Waals surface area contributed by atoms with E-state index in [1.54, 1.807) is 24.8 Å². The van der Waals surface area contributed by atoms with Crippen LogP contribution >= 0.6 is 46.4 Å². The van der Waals surface area contributed by atoms with Gasteiger partial charge in [0.05, 0.1) is 35.3 Å². The highest BCUT2D eigenvalue weighted by molar-refractivity contribution is 6.32. The van der Waals surface area contributed by atoms with Gasteiger partial charge in [-0.25, -0.2) is 19.9 Å². The van der Waals surface area contributed by atoms with E-state index in [9.17, 15) is 0 Å². The van der Waals surface area contributed by atoms with Crippen molar-refractivity contribution in [1.29, 1.82) is 0 Å². The van der Waals surface area contributed by atoms with Gasteiger partial charge in [-0.2, -0.15) is 15.0 Å². The van der Waals surface area contributed by atoms with Gasteiger partial charge in [-0.3, -0.25) is 19.9 Å². The Balaban J connectivity index is 0.000000134. The van der Waals surface area contributed by atoms with Crippen LogP contribution in [0.5, 0.6) is 0 Å². The first kappa shape index (κ1) is 82.5. The standard InChI is InChI=1S/C23H29ClN6.C21H26ClN7.C21H25ClN6.C20H23ClN6O/c1-2-29-13-15-30(16-14-29)23-6-3-5-22(28-23)27-11-4-10-25-20-9-12-26-21-17-18(24)7-8-19(20)21;1-28-11-13-29(14-12-28)20-6-10-26-21(27-20)25-8-2-7-23-18-5-9-24-19-15-16(22)3-4-17(18)19;22-16-5-6-17-18(7-11-24-19(17)15-16)23-9-4-10-25-21-26-12-8-20(27-21)28-13-2-1-3-14-28;21-15-2-3-16-17(4-8-23-18(16)14-15)22-6-1-7-24-20-25-9-5-19(26-20)27-10-12-28-13-11-27/h3,5-9,12,17H,2,4,10-11,13-16H2,1H3,(H,25,26)(H,27,28);3-6,9-10,15H,2,7-8,11-14H2,1H3,(H,23,24)(H,25,26,27);5-8,11-12,15H,1-4,9-10,13-14H2,(H,23,24)(H,25,26,27);2-5,8-9,14H,1,6-7,10-13H2,(H,22,23)(H,24,25,26). The van der Waals surface area contributed by atoms with Gasteiger partial charge < -0.3 is 76.7 Å². The second kappa shape index (κ2) is 43.3. The van der Waals surface area contributed by atoms with Crippen LogP contribution in [-0.4, -0.2) is 222 Å². The van der Waals surface area contributed by atoms with Gasteiger partial charge in [0.1, 0.15) is 29.1 Å². The van der Waals surface area contributed by atoms with Crippen molar-refractivity contribution in [3.05, 3.63) is 197 Å². The number of aromatic nitrogens is 11. The van der Waals surface area contributed by atoms with E-state index in [0.29, 0.717) is 37.9 Å². The number of hydrogen-bond acceptors (Lipinski definition) is 26. The number of nitrogens with one attached hydrogen (secondary N) is 8. The Morgan fingerprint density at radius 2 is 0.652 bits per heavy atom. The van der Waals surface area contributed by atoms with Gasteiger partial charge in [-0.15, -0.1) is 0 Å². The molecule has 4 fully saturated rings. The van der Waals surface area contributed by atoms with E-state index in [2.05, 4.69) is 148 Å². The number of pyridine rings is 5. The van der Waals surface area contributed by atoms with Crippen molar-refractivity contribution in [2.45, 2.75) is 51.9 Å². The molecule has 0 amide bonds.